The standard InChI is InChI=1S/C18H27N3O3S.ClH/c1-2-3-9-25(23,24)21-8-4-5-17(21)18(22)20-11-14-6-7-15-12-19-13-16(15)10-14;/h6-7,10,17,19H,2-5,8-9,11-13H2,1H3,(H,20,22);1H. The minimum absolute atomic E-state index is 0. The second kappa shape index (κ2) is 9.17. The molecule has 26 heavy (non-hydrogen) atoms. The maximum absolute atomic E-state index is 12.6. The van der Waals surface area contributed by atoms with E-state index in [2.05, 4.69) is 22.8 Å². The van der Waals surface area contributed by atoms with Crippen LogP contribution in [-0.2, 0) is 34.5 Å². The van der Waals surface area contributed by atoms with Gasteiger partial charge in [-0.3, -0.25) is 4.79 Å². The van der Waals surface area contributed by atoms with Gasteiger partial charge in [0.2, 0.25) is 15.9 Å². The van der Waals surface area contributed by atoms with Gasteiger partial charge in [0.05, 0.1) is 5.75 Å². The molecule has 8 heteroatoms. The third-order valence-electron chi connectivity index (χ3n) is 4.99. The lowest BCUT2D eigenvalue weighted by Gasteiger charge is -2.23. The first kappa shape index (κ1) is 21.2. The van der Waals surface area contributed by atoms with E-state index in [0.29, 0.717) is 25.9 Å². The quantitative estimate of drug-likeness (QED) is 0.731. The molecule has 1 unspecified atom stereocenters. The summed E-state index contributed by atoms with van der Waals surface area (Å²) in [5.41, 5.74) is 3.63. The number of nitrogens with zero attached hydrogens (tertiary/aromatic N) is 1. The molecule has 0 aromatic heterocycles. The topological polar surface area (TPSA) is 78.5 Å². The first-order valence-corrected chi connectivity index (χ1v) is 10.7. The highest BCUT2D eigenvalue weighted by atomic mass is 35.5. The summed E-state index contributed by atoms with van der Waals surface area (Å²) in [6, 6.07) is 5.67. The van der Waals surface area contributed by atoms with Crippen LogP contribution in [0, 0.1) is 0 Å². The van der Waals surface area contributed by atoms with Crippen LogP contribution in [0.1, 0.15) is 49.3 Å². The molecule has 1 aromatic carbocycles. The number of carbonyl (C=O) groups is 1. The number of hydrogen-bond acceptors (Lipinski definition) is 4. The van der Waals surface area contributed by atoms with Crippen molar-refractivity contribution in [3.8, 4) is 0 Å². The van der Waals surface area contributed by atoms with Gasteiger partial charge in [0.15, 0.2) is 0 Å². The summed E-state index contributed by atoms with van der Waals surface area (Å²) in [7, 11) is -3.34. The summed E-state index contributed by atoms with van der Waals surface area (Å²) in [5, 5.41) is 6.23. The molecule has 0 spiro atoms. The predicted molar refractivity (Wildman–Crippen MR) is 105 cm³/mol. The zero-order valence-electron chi connectivity index (χ0n) is 15.2. The van der Waals surface area contributed by atoms with Crippen LogP contribution in [0.2, 0.25) is 0 Å². The van der Waals surface area contributed by atoms with Crippen LogP contribution >= 0.6 is 12.4 Å². The zero-order valence-corrected chi connectivity index (χ0v) is 16.8. The van der Waals surface area contributed by atoms with Crippen molar-refractivity contribution in [2.75, 3.05) is 12.3 Å². The predicted octanol–water partition coefficient (Wildman–Crippen LogP) is 1.92. The smallest absolute Gasteiger partial charge is 0.238 e. The van der Waals surface area contributed by atoms with E-state index < -0.39 is 16.1 Å². The Morgan fingerprint density at radius 1 is 1.31 bits per heavy atom. The highest BCUT2D eigenvalue weighted by Gasteiger charge is 2.37. The van der Waals surface area contributed by atoms with Crippen molar-refractivity contribution in [3.63, 3.8) is 0 Å². The molecule has 1 amide bonds. The van der Waals surface area contributed by atoms with Crippen LogP contribution in [0.15, 0.2) is 18.2 Å². The van der Waals surface area contributed by atoms with Gasteiger partial charge in [-0.2, -0.15) is 4.31 Å². The highest BCUT2D eigenvalue weighted by Crippen LogP contribution is 2.23. The van der Waals surface area contributed by atoms with Crippen molar-refractivity contribution in [1.29, 1.82) is 0 Å². The van der Waals surface area contributed by atoms with Crippen molar-refractivity contribution >= 4 is 28.3 Å². The van der Waals surface area contributed by atoms with E-state index in [0.717, 1.165) is 31.5 Å². The molecule has 146 valence electrons. The number of benzene rings is 1. The van der Waals surface area contributed by atoms with E-state index in [1.165, 1.54) is 15.4 Å². The molecule has 6 nitrogen and oxygen atoms in total. The monoisotopic (exact) mass is 401 g/mol. The lowest BCUT2D eigenvalue weighted by molar-refractivity contribution is -0.124. The molecule has 0 bridgehead atoms. The van der Waals surface area contributed by atoms with Gasteiger partial charge in [-0.15, -0.1) is 12.4 Å². The van der Waals surface area contributed by atoms with Gasteiger partial charge >= 0.3 is 0 Å². The number of unbranched alkanes of at least 4 members (excludes halogenated alkanes) is 1. The molecular weight excluding hydrogens is 374 g/mol. The van der Waals surface area contributed by atoms with Gasteiger partial charge in [0, 0.05) is 26.2 Å². The molecule has 1 fully saturated rings. The van der Waals surface area contributed by atoms with Crippen molar-refractivity contribution in [2.45, 2.75) is 58.3 Å². The lowest BCUT2D eigenvalue weighted by atomic mass is 10.1. The summed E-state index contributed by atoms with van der Waals surface area (Å²) in [4.78, 5) is 12.6. The van der Waals surface area contributed by atoms with Gasteiger partial charge in [-0.1, -0.05) is 31.5 Å². The van der Waals surface area contributed by atoms with Crippen LogP contribution in [-0.4, -0.2) is 37.0 Å². The number of halogens is 1. The van der Waals surface area contributed by atoms with Gasteiger partial charge < -0.3 is 10.6 Å². The number of nitrogens with one attached hydrogen (secondary N) is 2. The Hall–Kier alpha value is -1.15. The van der Waals surface area contributed by atoms with Gasteiger partial charge in [-0.25, -0.2) is 8.42 Å². The molecule has 1 atom stereocenters. The maximum Gasteiger partial charge on any atom is 0.238 e. The van der Waals surface area contributed by atoms with E-state index in [4.69, 9.17) is 0 Å². The average molecular weight is 402 g/mol. The normalized spacial score (nSPS) is 19.8. The summed E-state index contributed by atoms with van der Waals surface area (Å²) in [6.07, 6.45) is 2.81. The summed E-state index contributed by atoms with van der Waals surface area (Å²) in [6.45, 7) is 4.62. The van der Waals surface area contributed by atoms with E-state index in [1.54, 1.807) is 0 Å². The number of amides is 1. The molecule has 0 saturated carbocycles. The largest absolute Gasteiger partial charge is 0.351 e. The molecule has 1 saturated heterocycles. The van der Waals surface area contributed by atoms with Crippen molar-refractivity contribution in [3.05, 3.63) is 34.9 Å². The molecule has 0 aliphatic carbocycles. The molecule has 3 rings (SSSR count). The number of fused-ring (bicyclic) bond motifs is 1. The summed E-state index contributed by atoms with van der Waals surface area (Å²) < 4.78 is 26.3. The van der Waals surface area contributed by atoms with Crippen LogP contribution in [0.25, 0.3) is 0 Å². The number of carbonyl (C=O) groups excluding carboxylic acids is 1. The Morgan fingerprint density at radius 3 is 2.85 bits per heavy atom. The van der Waals surface area contributed by atoms with Crippen molar-refractivity contribution in [2.24, 2.45) is 0 Å². The van der Waals surface area contributed by atoms with Crippen molar-refractivity contribution in [1.82, 2.24) is 14.9 Å². The van der Waals surface area contributed by atoms with Crippen LogP contribution < -0.4 is 10.6 Å². The molecule has 0 radical (unpaired) electrons. The Morgan fingerprint density at radius 2 is 2.08 bits per heavy atom. The maximum atomic E-state index is 12.6. The number of hydrogen-bond donors (Lipinski definition) is 2. The minimum Gasteiger partial charge on any atom is -0.351 e. The Balaban J connectivity index is 0.00000243. The fraction of sp³-hybridized carbons (Fsp3) is 0.611. The van der Waals surface area contributed by atoms with Gasteiger partial charge in [0.1, 0.15) is 6.04 Å². The van der Waals surface area contributed by atoms with Gasteiger partial charge in [-0.05, 0) is 36.0 Å². The second-order valence-electron chi connectivity index (χ2n) is 6.86. The van der Waals surface area contributed by atoms with E-state index in [9.17, 15) is 13.2 Å². The van der Waals surface area contributed by atoms with Gasteiger partial charge in [0.25, 0.3) is 0 Å². The first-order valence-electron chi connectivity index (χ1n) is 9.10. The Kier molecular flexibility index (Phi) is 7.46. The Labute approximate surface area is 162 Å². The molecule has 2 aliphatic heterocycles. The fourth-order valence-corrected chi connectivity index (χ4v) is 5.43. The molecule has 1 aromatic rings. The molecular formula is C18H28ClN3O3S. The van der Waals surface area contributed by atoms with E-state index in [1.807, 2.05) is 13.0 Å². The third kappa shape index (κ3) is 4.76. The van der Waals surface area contributed by atoms with Crippen LogP contribution in [0.4, 0.5) is 0 Å². The van der Waals surface area contributed by atoms with Crippen LogP contribution in [0.3, 0.4) is 0 Å². The minimum atomic E-state index is -3.34. The Bertz CT molecular complexity index is 739. The van der Waals surface area contributed by atoms with E-state index in [-0.39, 0.29) is 24.1 Å². The lowest BCUT2D eigenvalue weighted by Crippen LogP contribution is -2.46. The average Bonchev–Trinajstić information content (AvgIpc) is 3.26. The number of sulfonamides is 1. The second-order valence-corrected chi connectivity index (χ2v) is 8.90. The molecule has 2 N–H and O–H groups in total. The number of rotatable bonds is 7. The third-order valence-corrected chi connectivity index (χ3v) is 6.94. The first-order chi connectivity index (χ1) is 12.0. The highest BCUT2D eigenvalue weighted by molar-refractivity contribution is 7.89. The molecule has 2 aliphatic rings. The SMILES string of the molecule is CCCCS(=O)(=O)N1CCCC1C(=O)NCc1ccc2c(c1)CNC2.Cl. The zero-order chi connectivity index (χ0) is 17.9. The summed E-state index contributed by atoms with van der Waals surface area (Å²) >= 11 is 0. The van der Waals surface area contributed by atoms with E-state index >= 15 is 0 Å². The molecule has 2 heterocycles. The van der Waals surface area contributed by atoms with Crippen molar-refractivity contribution < 1.29 is 13.2 Å². The summed E-state index contributed by atoms with van der Waals surface area (Å²) in [5.74, 6) is -0.0540. The fourth-order valence-electron chi connectivity index (χ4n) is 3.54. The van der Waals surface area contributed by atoms with Crippen LogP contribution in [0.5, 0.6) is 0 Å².